The van der Waals surface area contributed by atoms with Crippen LogP contribution in [0.3, 0.4) is 0 Å². The predicted octanol–water partition coefficient (Wildman–Crippen LogP) is 4.31. The van der Waals surface area contributed by atoms with Crippen LogP contribution in [0.1, 0.15) is 26.3 Å². The smallest absolute Gasteiger partial charge is 0.416 e. The van der Waals surface area contributed by atoms with Crippen molar-refractivity contribution in [2.45, 2.75) is 6.18 Å². The number of carbonyl (C=O) groups is 2. The number of aromatic carboxylic acids is 1. The van der Waals surface area contributed by atoms with Crippen molar-refractivity contribution in [3.63, 3.8) is 0 Å². The Kier molecular flexibility index (Phi) is 6.28. The number of rotatable bonds is 5. The molecule has 0 saturated heterocycles. The molecule has 0 spiro atoms. The molecule has 178 valence electrons. The minimum absolute atomic E-state index is 0.0628. The molecule has 1 N–H and O–H groups in total. The molecule has 0 aliphatic heterocycles. The van der Waals surface area contributed by atoms with Crippen molar-refractivity contribution >= 4 is 34.2 Å². The van der Waals surface area contributed by atoms with E-state index in [0.717, 1.165) is 12.1 Å². The van der Waals surface area contributed by atoms with Crippen LogP contribution in [-0.2, 0) is 6.18 Å². The number of carbonyl (C=O) groups excluding carboxylic acids is 2. The Labute approximate surface area is 196 Å². The van der Waals surface area contributed by atoms with Gasteiger partial charge >= 0.3 is 6.18 Å². The molecule has 0 aliphatic rings. The molecule has 4 rings (SSSR count). The summed E-state index contributed by atoms with van der Waals surface area (Å²) in [7, 11) is 1.44. The third-order valence-corrected chi connectivity index (χ3v) is 4.98. The van der Waals surface area contributed by atoms with Gasteiger partial charge in [0.15, 0.2) is 11.3 Å². The molecule has 0 unspecified atom stereocenters. The van der Waals surface area contributed by atoms with Gasteiger partial charge < -0.3 is 24.4 Å². The largest absolute Gasteiger partial charge is 0.545 e. The summed E-state index contributed by atoms with van der Waals surface area (Å²) in [5.41, 5.74) is -0.721. The van der Waals surface area contributed by atoms with Crippen molar-refractivity contribution < 1.29 is 37.0 Å². The number of fused-ring (bicyclic) bond motifs is 1. The van der Waals surface area contributed by atoms with Crippen molar-refractivity contribution in [3.8, 4) is 5.75 Å². The Bertz CT molecular complexity index is 1490. The van der Waals surface area contributed by atoms with Crippen LogP contribution in [0.4, 0.5) is 24.5 Å². The van der Waals surface area contributed by atoms with Gasteiger partial charge in [0.2, 0.25) is 5.55 Å². The summed E-state index contributed by atoms with van der Waals surface area (Å²) in [4.78, 5) is 28.4. The van der Waals surface area contributed by atoms with Gasteiger partial charge in [0.1, 0.15) is 5.56 Å². The maximum Gasteiger partial charge on any atom is 0.416 e. The molecule has 1 aromatic heterocycles. The maximum atomic E-state index is 13.1. The van der Waals surface area contributed by atoms with E-state index < -0.39 is 23.6 Å². The lowest BCUT2D eigenvalue weighted by Gasteiger charge is -2.11. The molecule has 0 saturated carbocycles. The minimum atomic E-state index is -4.58. The number of para-hydroxylation sites is 1. The second-order valence-electron chi connectivity index (χ2n) is 7.32. The average Bonchev–Trinajstić information content (AvgIpc) is 2.83. The van der Waals surface area contributed by atoms with Gasteiger partial charge in [-0.2, -0.15) is 13.2 Å². The number of carboxylic acids is 1. The highest BCUT2D eigenvalue weighted by Gasteiger charge is 2.30. The fourth-order valence-corrected chi connectivity index (χ4v) is 3.29. The summed E-state index contributed by atoms with van der Waals surface area (Å²) in [5.74, 6) is -1.75. The molecular formula is C25H16F3N2O5-. The number of benzene rings is 3. The van der Waals surface area contributed by atoms with Crippen molar-refractivity contribution in [2.24, 2.45) is 4.99 Å². The number of methoxy groups -OCH3 is 1. The third kappa shape index (κ3) is 5.16. The fraction of sp³-hybridized carbons (Fsp3) is 0.0800. The summed E-state index contributed by atoms with van der Waals surface area (Å²) in [6.07, 6.45) is -4.58. The Morgan fingerprint density at radius 3 is 2.37 bits per heavy atom. The fourth-order valence-electron chi connectivity index (χ4n) is 3.29. The second-order valence-corrected chi connectivity index (χ2v) is 7.32. The number of nitrogens with one attached hydrogen (secondary N) is 1. The molecule has 3 aromatic carbocycles. The zero-order valence-corrected chi connectivity index (χ0v) is 18.1. The van der Waals surface area contributed by atoms with Crippen LogP contribution in [0.5, 0.6) is 5.75 Å². The molecular weight excluding hydrogens is 465 g/mol. The van der Waals surface area contributed by atoms with Crippen molar-refractivity contribution in [1.82, 2.24) is 0 Å². The molecule has 10 heteroatoms. The second kappa shape index (κ2) is 9.34. The first-order chi connectivity index (χ1) is 16.7. The molecule has 0 atom stereocenters. The first-order valence-electron chi connectivity index (χ1n) is 10.1. The predicted molar refractivity (Wildman–Crippen MR) is 118 cm³/mol. The molecule has 7 nitrogen and oxygen atoms in total. The number of hydrogen-bond donors (Lipinski definition) is 1. The standard InChI is InChI=1S/C25H17F3N2O5/c1-34-20-7-2-4-15-12-19(22(31)29-18-6-3-5-16(13-18)25(26,27)28)23(35-21(15)20)30-17-10-8-14(9-11-17)24(32)33/h2-13H,1H3,(H,29,31)(H,32,33)/p-1. The third-order valence-electron chi connectivity index (χ3n) is 4.98. The summed E-state index contributed by atoms with van der Waals surface area (Å²) >= 11 is 0. The summed E-state index contributed by atoms with van der Waals surface area (Å²) in [6, 6.07) is 16.0. The first kappa shape index (κ1) is 23.6. The zero-order valence-electron chi connectivity index (χ0n) is 18.1. The topological polar surface area (TPSA) is 104 Å². The van der Waals surface area contributed by atoms with Gasteiger partial charge in [-0.25, -0.2) is 4.99 Å². The highest BCUT2D eigenvalue weighted by Crippen LogP contribution is 2.31. The number of hydrogen-bond acceptors (Lipinski definition) is 6. The quantitative estimate of drug-likeness (QED) is 0.458. The van der Waals surface area contributed by atoms with Crippen LogP contribution in [-0.4, -0.2) is 19.0 Å². The van der Waals surface area contributed by atoms with E-state index in [0.29, 0.717) is 11.1 Å². The SMILES string of the molecule is COc1cccc2cc(C(=O)Nc3cccc(C(F)(F)F)c3)c(=Nc3ccc(C(=O)[O-])cc3)oc12. The highest BCUT2D eigenvalue weighted by atomic mass is 19.4. The summed E-state index contributed by atoms with van der Waals surface area (Å²) < 4.78 is 50.4. The van der Waals surface area contributed by atoms with Crippen molar-refractivity contribution in [1.29, 1.82) is 0 Å². The van der Waals surface area contributed by atoms with E-state index in [1.807, 2.05) is 0 Å². The summed E-state index contributed by atoms with van der Waals surface area (Å²) in [6.45, 7) is 0. The highest BCUT2D eigenvalue weighted by molar-refractivity contribution is 6.05. The number of alkyl halides is 3. The average molecular weight is 481 g/mol. The van der Waals surface area contributed by atoms with Crippen LogP contribution in [0.2, 0.25) is 0 Å². The van der Waals surface area contributed by atoms with Crippen molar-refractivity contribution in [3.05, 3.63) is 95.0 Å². The lowest BCUT2D eigenvalue weighted by Crippen LogP contribution is -2.22. The number of anilines is 1. The number of carboxylic acid groups (broad SMARTS) is 1. The molecule has 0 radical (unpaired) electrons. The van der Waals surface area contributed by atoms with Gasteiger partial charge in [0.05, 0.1) is 24.3 Å². The van der Waals surface area contributed by atoms with Gasteiger partial charge in [-0.1, -0.05) is 30.3 Å². The normalized spacial score (nSPS) is 11.9. The molecule has 35 heavy (non-hydrogen) atoms. The van der Waals surface area contributed by atoms with Gasteiger partial charge in [-0.05, 0) is 48.0 Å². The van der Waals surface area contributed by atoms with Gasteiger partial charge in [-0.3, -0.25) is 4.79 Å². The Hall–Kier alpha value is -4.60. The first-order valence-corrected chi connectivity index (χ1v) is 10.1. The van der Waals surface area contributed by atoms with E-state index >= 15 is 0 Å². The molecule has 0 aliphatic carbocycles. The van der Waals surface area contributed by atoms with Crippen LogP contribution in [0.25, 0.3) is 11.0 Å². The van der Waals surface area contributed by atoms with Crippen LogP contribution < -0.4 is 20.7 Å². The molecule has 0 fully saturated rings. The number of ether oxygens (including phenoxy) is 1. The number of amides is 1. The monoisotopic (exact) mass is 481 g/mol. The Morgan fingerprint density at radius 2 is 1.71 bits per heavy atom. The molecule has 4 aromatic rings. The van der Waals surface area contributed by atoms with E-state index in [4.69, 9.17) is 9.15 Å². The van der Waals surface area contributed by atoms with Crippen LogP contribution in [0.15, 0.2) is 82.2 Å². The maximum absolute atomic E-state index is 13.1. The van der Waals surface area contributed by atoms with E-state index in [2.05, 4.69) is 10.3 Å². The number of nitrogens with zero attached hydrogens (tertiary/aromatic N) is 1. The van der Waals surface area contributed by atoms with Crippen LogP contribution in [0, 0.1) is 0 Å². The van der Waals surface area contributed by atoms with E-state index in [1.165, 1.54) is 49.6 Å². The van der Waals surface area contributed by atoms with Gasteiger partial charge in [0, 0.05) is 11.1 Å². The minimum Gasteiger partial charge on any atom is -0.545 e. The summed E-state index contributed by atoms with van der Waals surface area (Å²) in [5, 5.41) is 13.9. The van der Waals surface area contributed by atoms with E-state index in [9.17, 15) is 27.9 Å². The van der Waals surface area contributed by atoms with Gasteiger partial charge in [-0.15, -0.1) is 0 Å². The molecule has 1 heterocycles. The number of halogens is 3. The zero-order chi connectivity index (χ0) is 25.2. The van der Waals surface area contributed by atoms with E-state index in [-0.39, 0.29) is 33.6 Å². The van der Waals surface area contributed by atoms with Crippen LogP contribution >= 0.6 is 0 Å². The Morgan fingerprint density at radius 1 is 1.00 bits per heavy atom. The van der Waals surface area contributed by atoms with E-state index in [1.54, 1.807) is 18.2 Å². The van der Waals surface area contributed by atoms with Crippen molar-refractivity contribution in [2.75, 3.05) is 12.4 Å². The lowest BCUT2D eigenvalue weighted by molar-refractivity contribution is -0.255. The molecule has 1 amide bonds. The van der Waals surface area contributed by atoms with Gasteiger partial charge in [0.25, 0.3) is 5.91 Å². The molecule has 0 bridgehead atoms. The Balaban J connectivity index is 1.83. The lowest BCUT2D eigenvalue weighted by atomic mass is 10.1.